The van der Waals surface area contributed by atoms with Crippen molar-refractivity contribution in [3.63, 3.8) is 0 Å². The second kappa shape index (κ2) is 2.48. The first-order valence-electron chi connectivity index (χ1n) is 4.29. The molecule has 0 spiro atoms. The van der Waals surface area contributed by atoms with Crippen molar-refractivity contribution in [1.29, 1.82) is 0 Å². The van der Waals surface area contributed by atoms with Gasteiger partial charge in [0.2, 0.25) is 5.91 Å². The number of hydrogen-bond acceptors (Lipinski definition) is 2. The minimum absolute atomic E-state index is 0.0955. The Bertz CT molecular complexity index is 175. The van der Waals surface area contributed by atoms with Gasteiger partial charge in [-0.25, -0.2) is 0 Å². The fourth-order valence-electron chi connectivity index (χ4n) is 2.11. The van der Waals surface area contributed by atoms with Crippen LogP contribution in [0.5, 0.6) is 0 Å². The van der Waals surface area contributed by atoms with Crippen LogP contribution in [0.2, 0.25) is 0 Å². The first-order valence-corrected chi connectivity index (χ1v) is 4.29. The Morgan fingerprint density at radius 3 is 2.82 bits per heavy atom. The van der Waals surface area contributed by atoms with Gasteiger partial charge in [0.05, 0.1) is 0 Å². The van der Waals surface area contributed by atoms with Crippen molar-refractivity contribution < 1.29 is 4.79 Å². The van der Waals surface area contributed by atoms with E-state index in [1.807, 2.05) is 0 Å². The van der Waals surface area contributed by atoms with Gasteiger partial charge in [0.1, 0.15) is 0 Å². The molecule has 3 nitrogen and oxygen atoms in total. The fourth-order valence-corrected chi connectivity index (χ4v) is 2.11. The number of carbonyl (C=O) groups excluding carboxylic acids is 1. The number of carbonyl (C=O) groups is 1. The molecule has 1 saturated heterocycles. The molecule has 1 saturated carbocycles. The highest BCUT2D eigenvalue weighted by Crippen LogP contribution is 2.45. The van der Waals surface area contributed by atoms with Crippen LogP contribution in [-0.2, 0) is 4.79 Å². The molecule has 1 aliphatic heterocycles. The highest BCUT2D eigenvalue weighted by Gasteiger charge is 2.46. The van der Waals surface area contributed by atoms with Gasteiger partial charge in [-0.3, -0.25) is 4.79 Å². The number of nitrogens with one attached hydrogen (secondary N) is 1. The summed E-state index contributed by atoms with van der Waals surface area (Å²) in [4.78, 5) is 10.7. The quantitative estimate of drug-likeness (QED) is 0.574. The molecule has 2 rings (SSSR count). The Balaban J connectivity index is 1.85. The molecule has 3 N–H and O–H groups in total. The van der Waals surface area contributed by atoms with Crippen LogP contribution in [0.4, 0.5) is 0 Å². The molecule has 0 bridgehead atoms. The summed E-state index contributed by atoms with van der Waals surface area (Å²) >= 11 is 0. The van der Waals surface area contributed by atoms with E-state index in [2.05, 4.69) is 5.32 Å². The maximum Gasteiger partial charge on any atom is 0.220 e. The summed E-state index contributed by atoms with van der Waals surface area (Å²) in [7, 11) is 0. The molecular weight excluding hydrogens is 140 g/mol. The van der Waals surface area contributed by atoms with Crippen molar-refractivity contribution >= 4 is 5.91 Å². The lowest BCUT2D eigenvalue weighted by Gasteiger charge is -2.04. The van der Waals surface area contributed by atoms with E-state index in [4.69, 9.17) is 5.73 Å². The normalized spacial score (nSPS) is 42.4. The molecule has 11 heavy (non-hydrogen) atoms. The summed E-state index contributed by atoms with van der Waals surface area (Å²) in [6, 6.07) is 0. The number of rotatable bonds is 2. The Morgan fingerprint density at radius 2 is 2.36 bits per heavy atom. The first kappa shape index (κ1) is 7.10. The van der Waals surface area contributed by atoms with Gasteiger partial charge in [0.15, 0.2) is 0 Å². The predicted molar refractivity (Wildman–Crippen MR) is 41.8 cm³/mol. The van der Waals surface area contributed by atoms with E-state index in [1.165, 1.54) is 6.42 Å². The second-order valence-corrected chi connectivity index (χ2v) is 3.66. The van der Waals surface area contributed by atoms with E-state index >= 15 is 0 Å². The maximum atomic E-state index is 10.7. The minimum atomic E-state index is -0.0955. The Labute approximate surface area is 66.3 Å². The standard InChI is InChI=1S/C8H14N2O/c9-8(11)7-3-6(7)5-1-2-10-4-5/h5-7,10H,1-4H2,(H2,9,11). The van der Waals surface area contributed by atoms with E-state index in [0.717, 1.165) is 25.4 Å². The molecule has 3 atom stereocenters. The van der Waals surface area contributed by atoms with Crippen molar-refractivity contribution in [1.82, 2.24) is 5.32 Å². The Kier molecular flexibility index (Phi) is 1.60. The summed E-state index contributed by atoms with van der Waals surface area (Å²) in [5.41, 5.74) is 5.20. The van der Waals surface area contributed by atoms with Crippen molar-refractivity contribution in [3.05, 3.63) is 0 Å². The molecule has 2 fully saturated rings. The van der Waals surface area contributed by atoms with Crippen LogP contribution in [0.25, 0.3) is 0 Å². The molecule has 1 amide bonds. The molecule has 1 heterocycles. The maximum absolute atomic E-state index is 10.7. The monoisotopic (exact) mass is 154 g/mol. The lowest BCUT2D eigenvalue weighted by atomic mass is 10.0. The van der Waals surface area contributed by atoms with Gasteiger partial charge >= 0.3 is 0 Å². The summed E-state index contributed by atoms with van der Waals surface area (Å²) in [5.74, 6) is 1.46. The number of amides is 1. The molecule has 0 aromatic carbocycles. The number of nitrogens with two attached hydrogens (primary N) is 1. The van der Waals surface area contributed by atoms with Crippen LogP contribution in [0, 0.1) is 17.8 Å². The number of hydrogen-bond donors (Lipinski definition) is 2. The SMILES string of the molecule is NC(=O)C1CC1C1CCNC1. The molecule has 62 valence electrons. The molecule has 2 aliphatic rings. The zero-order valence-corrected chi connectivity index (χ0v) is 6.55. The van der Waals surface area contributed by atoms with Crippen LogP contribution >= 0.6 is 0 Å². The fraction of sp³-hybridized carbons (Fsp3) is 0.875. The second-order valence-electron chi connectivity index (χ2n) is 3.66. The lowest BCUT2D eigenvalue weighted by molar-refractivity contribution is -0.119. The average molecular weight is 154 g/mol. The van der Waals surface area contributed by atoms with Crippen LogP contribution in [0.1, 0.15) is 12.8 Å². The molecule has 0 aromatic rings. The Hall–Kier alpha value is -0.570. The smallest absolute Gasteiger partial charge is 0.220 e. The number of primary amides is 1. The predicted octanol–water partition coefficient (Wildman–Crippen LogP) is -0.283. The van der Waals surface area contributed by atoms with Crippen LogP contribution in [-0.4, -0.2) is 19.0 Å². The average Bonchev–Trinajstić information content (AvgIpc) is 2.60. The van der Waals surface area contributed by atoms with Gasteiger partial charge in [-0.1, -0.05) is 0 Å². The topological polar surface area (TPSA) is 55.1 Å². The van der Waals surface area contributed by atoms with E-state index in [0.29, 0.717) is 5.92 Å². The van der Waals surface area contributed by atoms with Crippen LogP contribution in [0.3, 0.4) is 0 Å². The van der Waals surface area contributed by atoms with Gasteiger partial charge in [0.25, 0.3) is 0 Å². The zero-order valence-electron chi connectivity index (χ0n) is 6.55. The van der Waals surface area contributed by atoms with E-state index < -0.39 is 0 Å². The lowest BCUT2D eigenvalue weighted by Crippen LogP contribution is -2.17. The van der Waals surface area contributed by atoms with Crippen molar-refractivity contribution in [2.24, 2.45) is 23.5 Å². The van der Waals surface area contributed by atoms with Crippen molar-refractivity contribution in [3.8, 4) is 0 Å². The van der Waals surface area contributed by atoms with Crippen LogP contribution < -0.4 is 11.1 Å². The summed E-state index contributed by atoms with van der Waals surface area (Å²) in [5, 5.41) is 3.30. The Morgan fingerprint density at radius 1 is 1.55 bits per heavy atom. The summed E-state index contributed by atoms with van der Waals surface area (Å²) in [6.45, 7) is 2.21. The molecule has 0 aromatic heterocycles. The van der Waals surface area contributed by atoms with Crippen molar-refractivity contribution in [2.45, 2.75) is 12.8 Å². The molecule has 1 aliphatic carbocycles. The summed E-state index contributed by atoms with van der Waals surface area (Å²) in [6.07, 6.45) is 2.27. The highest BCUT2D eigenvalue weighted by atomic mass is 16.1. The molecule has 3 heteroatoms. The first-order chi connectivity index (χ1) is 5.29. The minimum Gasteiger partial charge on any atom is -0.369 e. The third kappa shape index (κ3) is 1.25. The van der Waals surface area contributed by atoms with Gasteiger partial charge in [-0.05, 0) is 37.8 Å². The van der Waals surface area contributed by atoms with E-state index in [9.17, 15) is 4.79 Å². The zero-order chi connectivity index (χ0) is 7.84. The van der Waals surface area contributed by atoms with Crippen LogP contribution in [0.15, 0.2) is 0 Å². The van der Waals surface area contributed by atoms with Gasteiger partial charge in [-0.2, -0.15) is 0 Å². The third-order valence-electron chi connectivity index (χ3n) is 2.91. The molecular formula is C8H14N2O. The van der Waals surface area contributed by atoms with E-state index in [-0.39, 0.29) is 11.8 Å². The van der Waals surface area contributed by atoms with E-state index in [1.54, 1.807) is 0 Å². The molecule has 3 unspecified atom stereocenters. The highest BCUT2D eigenvalue weighted by molar-refractivity contribution is 5.79. The van der Waals surface area contributed by atoms with Gasteiger partial charge in [0, 0.05) is 5.92 Å². The van der Waals surface area contributed by atoms with Gasteiger partial charge in [-0.15, -0.1) is 0 Å². The van der Waals surface area contributed by atoms with Gasteiger partial charge < -0.3 is 11.1 Å². The molecule has 0 radical (unpaired) electrons. The third-order valence-corrected chi connectivity index (χ3v) is 2.91. The van der Waals surface area contributed by atoms with Crippen molar-refractivity contribution in [2.75, 3.05) is 13.1 Å². The summed E-state index contributed by atoms with van der Waals surface area (Å²) < 4.78 is 0. The largest absolute Gasteiger partial charge is 0.369 e.